The van der Waals surface area contributed by atoms with Crippen LogP contribution >= 0.6 is 23.2 Å². The predicted octanol–water partition coefficient (Wildman–Crippen LogP) is 9.82. The summed E-state index contributed by atoms with van der Waals surface area (Å²) < 4.78 is 83.5. The summed E-state index contributed by atoms with van der Waals surface area (Å²) in [4.78, 5) is 15.2. The fraction of sp³-hybridized carbons (Fsp3) is 0.472. The molecule has 0 aliphatic carbocycles. The lowest BCUT2D eigenvalue weighted by molar-refractivity contribution is -0.970. The monoisotopic (exact) mass is 697 g/mol. The lowest BCUT2D eigenvalue weighted by atomic mass is 9.56. The summed E-state index contributed by atoms with van der Waals surface area (Å²) in [6.45, 7) is 4.65. The maximum atomic E-state index is 13.8. The molecule has 0 N–H and O–H groups in total. The molecule has 4 fully saturated rings. The van der Waals surface area contributed by atoms with Crippen molar-refractivity contribution in [1.29, 1.82) is 0 Å². The molecule has 2 unspecified atom stereocenters. The molecule has 4 saturated heterocycles. The molecule has 2 atom stereocenters. The van der Waals surface area contributed by atoms with Gasteiger partial charge in [0, 0.05) is 44.2 Å². The van der Waals surface area contributed by atoms with Crippen LogP contribution in [0, 0.1) is 0 Å². The van der Waals surface area contributed by atoms with E-state index >= 15 is 0 Å². The number of hydrogen-bond donors (Lipinski definition) is 0. The zero-order valence-corrected chi connectivity index (χ0v) is 27.5. The molecule has 4 aliphatic rings. The van der Waals surface area contributed by atoms with Crippen molar-refractivity contribution in [2.45, 2.75) is 81.2 Å². The van der Waals surface area contributed by atoms with Crippen LogP contribution in [0.5, 0.6) is 0 Å². The van der Waals surface area contributed by atoms with Crippen molar-refractivity contribution in [3.63, 3.8) is 0 Å². The average Bonchev–Trinajstić information content (AvgIpc) is 3.21. The van der Waals surface area contributed by atoms with Crippen LogP contribution in [-0.2, 0) is 34.5 Å². The van der Waals surface area contributed by atoms with Crippen molar-refractivity contribution < 1.29 is 35.6 Å². The SMILES string of the molecule is CC[N+]12CCC(c3ccccc3)(CC1)CC2C1(c2ccc(Cl)c(Cl)c2)CCCC(=O)N(Cc2cc(C(F)(F)F)cc(C(F)(F)F)c2)C1. The number of quaternary nitrogens is 1. The Hall–Kier alpha value is -2.75. The first kappa shape index (κ1) is 34.1. The molecule has 252 valence electrons. The minimum absolute atomic E-state index is 0.00749. The number of benzene rings is 3. The maximum Gasteiger partial charge on any atom is 0.416 e. The first-order valence-corrected chi connectivity index (χ1v) is 16.8. The number of nitrogens with zero attached hydrogens (tertiary/aromatic N) is 2. The van der Waals surface area contributed by atoms with E-state index in [4.69, 9.17) is 23.2 Å². The van der Waals surface area contributed by atoms with Gasteiger partial charge in [-0.05, 0) is 66.8 Å². The Morgan fingerprint density at radius 2 is 1.47 bits per heavy atom. The van der Waals surface area contributed by atoms with E-state index in [0.29, 0.717) is 22.9 Å². The second kappa shape index (κ2) is 12.3. The van der Waals surface area contributed by atoms with E-state index in [2.05, 4.69) is 31.2 Å². The van der Waals surface area contributed by atoms with Gasteiger partial charge in [0.05, 0.1) is 46.2 Å². The highest BCUT2D eigenvalue weighted by atomic mass is 35.5. The van der Waals surface area contributed by atoms with Crippen LogP contribution in [0.25, 0.3) is 0 Å². The number of carbonyl (C=O) groups excluding carboxylic acids is 1. The van der Waals surface area contributed by atoms with E-state index < -0.39 is 28.9 Å². The third kappa shape index (κ3) is 6.28. The zero-order chi connectivity index (χ0) is 33.8. The highest BCUT2D eigenvalue weighted by molar-refractivity contribution is 6.42. The number of rotatable bonds is 6. The molecule has 4 aliphatic heterocycles. The van der Waals surface area contributed by atoms with E-state index in [1.54, 1.807) is 6.07 Å². The summed E-state index contributed by atoms with van der Waals surface area (Å²) in [5.41, 5.74) is -1.62. The average molecular weight is 699 g/mol. The van der Waals surface area contributed by atoms with Crippen molar-refractivity contribution in [3.8, 4) is 0 Å². The van der Waals surface area contributed by atoms with Gasteiger partial charge in [-0.2, -0.15) is 26.3 Å². The molecule has 0 aromatic heterocycles. The Morgan fingerprint density at radius 1 is 0.830 bits per heavy atom. The molecule has 2 bridgehead atoms. The Bertz CT molecular complexity index is 1600. The molecule has 3 nitrogen and oxygen atoms in total. The smallest absolute Gasteiger partial charge is 0.337 e. The molecule has 47 heavy (non-hydrogen) atoms. The normalized spacial score (nSPS) is 28.4. The van der Waals surface area contributed by atoms with Crippen molar-refractivity contribution in [2.75, 3.05) is 26.2 Å². The topological polar surface area (TPSA) is 20.3 Å². The Kier molecular flexibility index (Phi) is 8.93. The Morgan fingerprint density at radius 3 is 2.04 bits per heavy atom. The maximum absolute atomic E-state index is 13.8. The van der Waals surface area contributed by atoms with Gasteiger partial charge in [0.2, 0.25) is 5.91 Å². The summed E-state index contributed by atoms with van der Waals surface area (Å²) in [6.07, 6.45) is -5.87. The summed E-state index contributed by atoms with van der Waals surface area (Å²) in [7, 11) is 0. The van der Waals surface area contributed by atoms with Crippen LogP contribution in [0.4, 0.5) is 26.3 Å². The van der Waals surface area contributed by atoms with Crippen LogP contribution < -0.4 is 0 Å². The number of hydrogen-bond acceptors (Lipinski definition) is 1. The van der Waals surface area contributed by atoms with Crippen molar-refractivity contribution in [2.24, 2.45) is 0 Å². The third-order valence-corrected chi connectivity index (χ3v) is 12.1. The lowest BCUT2D eigenvalue weighted by Gasteiger charge is -2.64. The van der Waals surface area contributed by atoms with Gasteiger partial charge < -0.3 is 9.38 Å². The quantitative estimate of drug-likeness (QED) is 0.186. The molecule has 3 aromatic carbocycles. The van der Waals surface area contributed by atoms with Gasteiger partial charge in [0.1, 0.15) is 6.04 Å². The second-order valence-corrected chi connectivity index (χ2v) is 14.5. The van der Waals surface area contributed by atoms with Crippen LogP contribution in [0.1, 0.15) is 73.3 Å². The minimum Gasteiger partial charge on any atom is -0.337 e. The van der Waals surface area contributed by atoms with Crippen LogP contribution in [0.15, 0.2) is 66.7 Å². The highest BCUT2D eigenvalue weighted by Crippen LogP contribution is 2.56. The van der Waals surface area contributed by atoms with Gasteiger partial charge in [0.25, 0.3) is 0 Å². The number of likely N-dealkylation sites (tertiary alicyclic amines) is 1. The van der Waals surface area contributed by atoms with Crippen molar-refractivity contribution in [3.05, 3.63) is 105 Å². The number of halogens is 8. The summed E-state index contributed by atoms with van der Waals surface area (Å²) >= 11 is 13.0. The number of fused-ring (bicyclic) bond motifs is 3. The Balaban J connectivity index is 1.49. The molecule has 0 radical (unpaired) electrons. The van der Waals surface area contributed by atoms with E-state index in [-0.39, 0.29) is 48.5 Å². The van der Waals surface area contributed by atoms with Gasteiger partial charge in [-0.15, -0.1) is 0 Å². The van der Waals surface area contributed by atoms with Gasteiger partial charge >= 0.3 is 12.4 Å². The molecule has 4 heterocycles. The highest BCUT2D eigenvalue weighted by Gasteiger charge is 2.62. The van der Waals surface area contributed by atoms with Gasteiger partial charge in [-0.1, -0.05) is 59.6 Å². The largest absolute Gasteiger partial charge is 0.416 e. The number of alkyl halides is 6. The van der Waals surface area contributed by atoms with Gasteiger partial charge in [0.15, 0.2) is 0 Å². The first-order valence-electron chi connectivity index (χ1n) is 16.0. The van der Waals surface area contributed by atoms with Gasteiger partial charge in [-0.3, -0.25) is 4.79 Å². The predicted molar refractivity (Wildman–Crippen MR) is 170 cm³/mol. The number of amides is 1. The molecular formula is C36H37Cl2F6N2O+. The lowest BCUT2D eigenvalue weighted by Crippen LogP contribution is -2.74. The molecule has 0 saturated carbocycles. The number of piperidine rings is 3. The second-order valence-electron chi connectivity index (χ2n) is 13.7. The zero-order valence-electron chi connectivity index (χ0n) is 26.0. The standard InChI is InChI=1S/C36H37Cl2F6N2O/c1-2-46-15-13-33(14-16-46,25-7-4-3-5-8-25)21-31(46)34(26-10-11-29(37)30(38)20-26)12-6-9-32(47)45(23-34)22-24-17-27(35(39,40)41)19-28(18-24)36(42,43)44/h3-5,7-8,10-11,17-20,31H,2,6,9,12-16,21-23H2,1H3/q+1. The number of likely N-dealkylation sites (N-methyl/N-ethyl adjacent to an activating group) is 1. The van der Waals surface area contributed by atoms with E-state index in [0.717, 1.165) is 61.1 Å². The van der Waals surface area contributed by atoms with Crippen LogP contribution in [0.3, 0.4) is 0 Å². The molecule has 3 aromatic rings. The molecule has 0 spiro atoms. The van der Waals surface area contributed by atoms with Gasteiger partial charge in [-0.25, -0.2) is 0 Å². The van der Waals surface area contributed by atoms with E-state index in [1.807, 2.05) is 18.2 Å². The van der Waals surface area contributed by atoms with Crippen molar-refractivity contribution >= 4 is 29.1 Å². The summed E-state index contributed by atoms with van der Waals surface area (Å²) in [6, 6.07) is 17.5. The van der Waals surface area contributed by atoms with Crippen molar-refractivity contribution in [1.82, 2.24) is 4.90 Å². The van der Waals surface area contributed by atoms with E-state index in [1.165, 1.54) is 10.5 Å². The summed E-state index contributed by atoms with van der Waals surface area (Å²) in [5.74, 6) is -0.297. The molecular weight excluding hydrogens is 661 g/mol. The van der Waals surface area contributed by atoms with Crippen LogP contribution in [-0.4, -0.2) is 47.5 Å². The van der Waals surface area contributed by atoms with Crippen LogP contribution in [0.2, 0.25) is 10.0 Å². The molecule has 1 amide bonds. The fourth-order valence-electron chi connectivity index (χ4n) is 8.85. The first-order chi connectivity index (χ1) is 22.1. The molecule has 7 rings (SSSR count). The minimum atomic E-state index is -4.99. The number of carbonyl (C=O) groups is 1. The van der Waals surface area contributed by atoms with E-state index in [9.17, 15) is 31.1 Å². The third-order valence-electron chi connectivity index (χ3n) is 11.3. The Labute approximate surface area is 281 Å². The summed E-state index contributed by atoms with van der Waals surface area (Å²) in [5, 5.41) is 0.733. The molecule has 11 heteroatoms. The fourth-order valence-corrected chi connectivity index (χ4v) is 9.14.